The third kappa shape index (κ3) is 4.30. The van der Waals surface area contributed by atoms with Crippen molar-refractivity contribution >= 4 is 53.9 Å². The standard InChI is InChI=1S/C56H40/c1-55(2)51-12-8-7-11-44(51)50-29-40-18-15-34-13-16-37(28-48(34)49(40)32-54(50)55)39-22-26-46-45-25-21-38(30-52(45)56(3,4)53(46)31-39)36-17-14-35-20-23-42-41-10-6-5-9-33(41)19-24-43(42)47(35)27-36/h5-32H,1-4H3. The molecule has 12 rings (SSSR count). The Morgan fingerprint density at radius 3 is 1.38 bits per heavy atom. The highest BCUT2D eigenvalue weighted by atomic mass is 14.4. The van der Waals surface area contributed by atoms with Crippen LogP contribution in [-0.2, 0) is 10.8 Å². The van der Waals surface area contributed by atoms with Gasteiger partial charge in [0.05, 0.1) is 0 Å². The van der Waals surface area contributed by atoms with Crippen molar-refractivity contribution in [2.75, 3.05) is 0 Å². The van der Waals surface area contributed by atoms with E-state index in [1.165, 1.54) is 121 Å². The summed E-state index contributed by atoms with van der Waals surface area (Å²) in [5.41, 5.74) is 16.0. The van der Waals surface area contributed by atoms with Crippen LogP contribution in [-0.4, -0.2) is 0 Å². The zero-order valence-electron chi connectivity index (χ0n) is 32.2. The molecule has 0 heterocycles. The predicted molar refractivity (Wildman–Crippen MR) is 240 cm³/mol. The minimum Gasteiger partial charge on any atom is -0.0619 e. The van der Waals surface area contributed by atoms with Crippen molar-refractivity contribution in [2.24, 2.45) is 0 Å². The first-order chi connectivity index (χ1) is 27.2. The number of rotatable bonds is 2. The Kier molecular flexibility index (Phi) is 6.28. The van der Waals surface area contributed by atoms with Crippen LogP contribution in [0.2, 0.25) is 0 Å². The molecule has 10 aromatic rings. The maximum Gasteiger partial charge on any atom is 0.0159 e. The fraction of sp³-hybridized carbons (Fsp3) is 0.107. The average molecular weight is 713 g/mol. The monoisotopic (exact) mass is 712 g/mol. The fourth-order valence-corrected chi connectivity index (χ4v) is 10.5. The van der Waals surface area contributed by atoms with Crippen LogP contribution < -0.4 is 0 Å². The number of hydrogen-bond acceptors (Lipinski definition) is 0. The molecule has 0 fully saturated rings. The third-order valence-electron chi connectivity index (χ3n) is 13.6. The molecule has 0 N–H and O–H groups in total. The van der Waals surface area contributed by atoms with Crippen LogP contribution in [0.4, 0.5) is 0 Å². The van der Waals surface area contributed by atoms with Gasteiger partial charge in [-0.15, -0.1) is 0 Å². The SMILES string of the molecule is CC1(C)c2cc(-c3ccc4ccc5cc6c(cc5c4c3)C(C)(C)c3ccccc3-6)ccc2-c2ccc(-c3ccc4ccc5c6ccccc6ccc5c4c3)cc21. The van der Waals surface area contributed by atoms with Crippen molar-refractivity contribution in [3.63, 3.8) is 0 Å². The van der Waals surface area contributed by atoms with E-state index in [0.29, 0.717) is 0 Å². The topological polar surface area (TPSA) is 0 Å². The maximum absolute atomic E-state index is 2.48. The molecule has 0 radical (unpaired) electrons. The summed E-state index contributed by atoms with van der Waals surface area (Å²) in [5, 5.41) is 13.0. The summed E-state index contributed by atoms with van der Waals surface area (Å²) in [7, 11) is 0. The van der Waals surface area contributed by atoms with Crippen molar-refractivity contribution in [3.05, 3.63) is 192 Å². The van der Waals surface area contributed by atoms with Gasteiger partial charge in [-0.05, 0) is 157 Å². The van der Waals surface area contributed by atoms with Crippen LogP contribution in [0.5, 0.6) is 0 Å². The smallest absolute Gasteiger partial charge is 0.0159 e. The van der Waals surface area contributed by atoms with Crippen molar-refractivity contribution in [3.8, 4) is 44.5 Å². The molecular formula is C56H40. The molecule has 0 heteroatoms. The Balaban J connectivity index is 0.940. The van der Waals surface area contributed by atoms with Crippen LogP contribution >= 0.6 is 0 Å². The minimum atomic E-state index is -0.135. The molecular weight excluding hydrogens is 673 g/mol. The molecule has 10 aromatic carbocycles. The van der Waals surface area contributed by atoms with Gasteiger partial charge in [0.15, 0.2) is 0 Å². The first-order valence-electron chi connectivity index (χ1n) is 20.0. The van der Waals surface area contributed by atoms with Crippen molar-refractivity contribution in [2.45, 2.75) is 38.5 Å². The van der Waals surface area contributed by atoms with E-state index in [1.54, 1.807) is 0 Å². The Bertz CT molecular complexity index is 3350. The molecule has 0 saturated heterocycles. The number of hydrogen-bond donors (Lipinski definition) is 0. The van der Waals surface area contributed by atoms with E-state index in [2.05, 4.69) is 198 Å². The van der Waals surface area contributed by atoms with Crippen LogP contribution in [0.15, 0.2) is 170 Å². The molecule has 2 aliphatic rings. The van der Waals surface area contributed by atoms with Gasteiger partial charge < -0.3 is 0 Å². The van der Waals surface area contributed by atoms with E-state index >= 15 is 0 Å². The molecule has 0 atom stereocenters. The second kappa shape index (κ2) is 11.1. The molecule has 0 aliphatic heterocycles. The van der Waals surface area contributed by atoms with Gasteiger partial charge in [0.2, 0.25) is 0 Å². The summed E-state index contributed by atoms with van der Waals surface area (Å²) >= 11 is 0. The molecule has 0 amide bonds. The van der Waals surface area contributed by atoms with Crippen LogP contribution in [0.1, 0.15) is 49.9 Å². The van der Waals surface area contributed by atoms with Crippen LogP contribution in [0.3, 0.4) is 0 Å². The van der Waals surface area contributed by atoms with Crippen LogP contribution in [0.25, 0.3) is 98.4 Å². The molecule has 2 aliphatic carbocycles. The van der Waals surface area contributed by atoms with E-state index < -0.39 is 0 Å². The van der Waals surface area contributed by atoms with E-state index in [-0.39, 0.29) is 10.8 Å². The third-order valence-corrected chi connectivity index (χ3v) is 13.6. The molecule has 0 bridgehead atoms. The number of benzene rings is 10. The van der Waals surface area contributed by atoms with E-state index in [0.717, 1.165) is 0 Å². The van der Waals surface area contributed by atoms with Gasteiger partial charge in [-0.3, -0.25) is 0 Å². The van der Waals surface area contributed by atoms with Gasteiger partial charge in [-0.25, -0.2) is 0 Å². The molecule has 56 heavy (non-hydrogen) atoms. The van der Waals surface area contributed by atoms with Gasteiger partial charge in [0.25, 0.3) is 0 Å². The Morgan fingerprint density at radius 2 is 0.679 bits per heavy atom. The highest BCUT2D eigenvalue weighted by molar-refractivity contribution is 6.18. The van der Waals surface area contributed by atoms with Gasteiger partial charge in [0, 0.05) is 10.8 Å². The predicted octanol–water partition coefficient (Wildman–Crippen LogP) is 15.4. The zero-order chi connectivity index (χ0) is 37.5. The molecule has 0 aromatic heterocycles. The highest BCUT2D eigenvalue weighted by Crippen LogP contribution is 2.52. The second-order valence-electron chi connectivity index (χ2n) is 17.3. The van der Waals surface area contributed by atoms with Crippen molar-refractivity contribution < 1.29 is 0 Å². The minimum absolute atomic E-state index is 0.0294. The quantitative estimate of drug-likeness (QED) is 0.157. The van der Waals surface area contributed by atoms with E-state index in [9.17, 15) is 0 Å². The largest absolute Gasteiger partial charge is 0.0619 e. The fourth-order valence-electron chi connectivity index (χ4n) is 10.5. The van der Waals surface area contributed by atoms with Gasteiger partial charge in [-0.1, -0.05) is 161 Å². The first-order valence-corrected chi connectivity index (χ1v) is 20.0. The lowest BCUT2D eigenvalue weighted by Gasteiger charge is -2.23. The van der Waals surface area contributed by atoms with Gasteiger partial charge in [-0.2, -0.15) is 0 Å². The summed E-state index contributed by atoms with van der Waals surface area (Å²) in [5.74, 6) is 0. The molecule has 0 saturated carbocycles. The summed E-state index contributed by atoms with van der Waals surface area (Å²) in [6, 6.07) is 64.6. The maximum atomic E-state index is 2.48. The van der Waals surface area contributed by atoms with E-state index in [4.69, 9.17) is 0 Å². The average Bonchev–Trinajstić information content (AvgIpc) is 3.60. The lowest BCUT2D eigenvalue weighted by atomic mass is 9.80. The molecule has 0 spiro atoms. The summed E-state index contributed by atoms with van der Waals surface area (Å²) in [6.45, 7) is 9.55. The summed E-state index contributed by atoms with van der Waals surface area (Å²) in [6.07, 6.45) is 0. The normalized spacial score (nSPS) is 14.7. The molecule has 0 nitrogen and oxygen atoms in total. The molecule has 264 valence electrons. The van der Waals surface area contributed by atoms with Gasteiger partial charge >= 0.3 is 0 Å². The summed E-state index contributed by atoms with van der Waals surface area (Å²) < 4.78 is 0. The first kappa shape index (κ1) is 31.8. The Morgan fingerprint density at radius 1 is 0.250 bits per heavy atom. The highest BCUT2D eigenvalue weighted by Gasteiger charge is 2.37. The summed E-state index contributed by atoms with van der Waals surface area (Å²) in [4.78, 5) is 0. The Labute approximate surface area is 327 Å². The van der Waals surface area contributed by atoms with Crippen molar-refractivity contribution in [1.82, 2.24) is 0 Å². The number of fused-ring (bicyclic) bond motifs is 14. The lowest BCUT2D eigenvalue weighted by molar-refractivity contribution is 0.661. The zero-order valence-corrected chi connectivity index (χ0v) is 32.2. The van der Waals surface area contributed by atoms with Gasteiger partial charge in [0.1, 0.15) is 0 Å². The second-order valence-corrected chi connectivity index (χ2v) is 17.3. The van der Waals surface area contributed by atoms with Crippen molar-refractivity contribution in [1.29, 1.82) is 0 Å². The van der Waals surface area contributed by atoms with E-state index in [1.807, 2.05) is 0 Å². The lowest BCUT2D eigenvalue weighted by Crippen LogP contribution is -2.15. The van der Waals surface area contributed by atoms with Crippen LogP contribution in [0, 0.1) is 0 Å². The Hall–Kier alpha value is -6.50. The molecule has 0 unspecified atom stereocenters.